The molecule has 0 spiro atoms. The lowest BCUT2D eigenvalue weighted by Gasteiger charge is -2.27. The largest absolute Gasteiger partial charge is 0.489 e. The molecule has 1 fully saturated rings. The molecule has 0 aliphatic carbocycles. The van der Waals surface area contributed by atoms with Crippen molar-refractivity contribution < 1.29 is 17.5 Å². The van der Waals surface area contributed by atoms with Gasteiger partial charge in [0.2, 0.25) is 10.0 Å². The second-order valence-corrected chi connectivity index (χ2v) is 7.01. The molecule has 2 N–H and O–H groups in total. The van der Waals surface area contributed by atoms with Crippen LogP contribution in [0.4, 0.5) is 4.39 Å². The first-order chi connectivity index (χ1) is 10.6. The predicted octanol–water partition coefficient (Wildman–Crippen LogP) is 0.451. The summed E-state index contributed by atoms with van der Waals surface area (Å²) in [5.41, 5.74) is 0. The van der Waals surface area contributed by atoms with Crippen molar-refractivity contribution in [3.8, 4) is 5.75 Å². The summed E-state index contributed by atoms with van der Waals surface area (Å²) >= 11 is 0. The third-order valence-corrected chi connectivity index (χ3v) is 4.75. The molecule has 0 bridgehead atoms. The van der Waals surface area contributed by atoms with Gasteiger partial charge >= 0.3 is 0 Å². The Morgan fingerprint density at radius 3 is 2.65 bits per heavy atom. The third-order valence-electron chi connectivity index (χ3n) is 3.41. The fourth-order valence-corrected chi connectivity index (χ4v) is 3.04. The van der Waals surface area contributed by atoms with Crippen LogP contribution < -0.4 is 14.8 Å². The fourth-order valence-electron chi connectivity index (χ4n) is 2.19. The molecule has 9 heteroatoms. The van der Waals surface area contributed by atoms with Crippen molar-refractivity contribution in [2.75, 3.05) is 51.6 Å². The number of piperazine rings is 1. The number of para-hydroxylation sites is 1. The van der Waals surface area contributed by atoms with E-state index in [0.29, 0.717) is 13.1 Å². The van der Waals surface area contributed by atoms with Crippen LogP contribution in [0.1, 0.15) is 0 Å². The normalized spacial score (nSPS) is 15.9. The number of sulfonamides is 1. The molecule has 0 atom stereocenters. The molecule has 1 aliphatic heterocycles. The van der Waals surface area contributed by atoms with Crippen LogP contribution in [-0.2, 0) is 10.0 Å². The van der Waals surface area contributed by atoms with Crippen molar-refractivity contribution in [1.82, 2.24) is 14.9 Å². The standard InChI is InChI=1S/C14H22FN3O3S.ClH/c15-13-3-1-2-4-14(13)21-11-12-22(19,20)17-7-10-18-8-5-16-6-9-18;/h1-4,16-17H,5-12H2;1H. The molecule has 1 aromatic carbocycles. The molecular weight excluding hydrogens is 345 g/mol. The molecule has 0 amide bonds. The maximum absolute atomic E-state index is 13.3. The van der Waals surface area contributed by atoms with E-state index in [1.807, 2.05) is 0 Å². The molecule has 1 aromatic rings. The summed E-state index contributed by atoms with van der Waals surface area (Å²) in [7, 11) is -3.41. The minimum absolute atomic E-state index is 0. The Morgan fingerprint density at radius 2 is 1.96 bits per heavy atom. The lowest BCUT2D eigenvalue weighted by Crippen LogP contribution is -2.46. The molecule has 1 aliphatic rings. The molecule has 6 nitrogen and oxygen atoms in total. The number of nitrogens with one attached hydrogen (secondary N) is 2. The first-order valence-corrected chi connectivity index (χ1v) is 9.00. The first kappa shape index (κ1) is 20.1. The second kappa shape index (κ2) is 10.0. The van der Waals surface area contributed by atoms with E-state index in [1.165, 1.54) is 12.1 Å². The van der Waals surface area contributed by atoms with E-state index in [9.17, 15) is 12.8 Å². The fraction of sp³-hybridized carbons (Fsp3) is 0.571. The van der Waals surface area contributed by atoms with Gasteiger partial charge in [-0.1, -0.05) is 12.1 Å². The van der Waals surface area contributed by atoms with Gasteiger partial charge in [-0.2, -0.15) is 0 Å². The molecule has 1 heterocycles. The van der Waals surface area contributed by atoms with E-state index < -0.39 is 15.8 Å². The summed E-state index contributed by atoms with van der Waals surface area (Å²) < 4.78 is 44.7. The van der Waals surface area contributed by atoms with E-state index in [0.717, 1.165) is 26.2 Å². The van der Waals surface area contributed by atoms with Crippen LogP contribution >= 0.6 is 12.4 Å². The van der Waals surface area contributed by atoms with Crippen molar-refractivity contribution in [2.24, 2.45) is 0 Å². The van der Waals surface area contributed by atoms with E-state index in [2.05, 4.69) is 14.9 Å². The van der Waals surface area contributed by atoms with Gasteiger partial charge in [-0.25, -0.2) is 17.5 Å². The molecule has 0 radical (unpaired) electrons. The first-order valence-electron chi connectivity index (χ1n) is 7.34. The zero-order valence-corrected chi connectivity index (χ0v) is 14.5. The minimum Gasteiger partial charge on any atom is -0.489 e. The van der Waals surface area contributed by atoms with Crippen LogP contribution in [0.15, 0.2) is 24.3 Å². The SMILES string of the molecule is Cl.O=S(=O)(CCOc1ccccc1F)NCCN1CCNCC1. The summed E-state index contributed by atoms with van der Waals surface area (Å²) in [5, 5.41) is 3.24. The topological polar surface area (TPSA) is 70.7 Å². The van der Waals surface area contributed by atoms with Crippen molar-refractivity contribution in [3.05, 3.63) is 30.1 Å². The molecule has 1 saturated heterocycles. The Bertz CT molecular complexity index is 568. The zero-order chi connectivity index (χ0) is 15.8. The van der Waals surface area contributed by atoms with Crippen LogP contribution in [0.2, 0.25) is 0 Å². The van der Waals surface area contributed by atoms with E-state index >= 15 is 0 Å². The molecular formula is C14H23ClFN3O3S. The Labute approximate surface area is 142 Å². The highest BCUT2D eigenvalue weighted by molar-refractivity contribution is 7.89. The number of rotatable bonds is 8. The Hall–Kier alpha value is -0.930. The summed E-state index contributed by atoms with van der Waals surface area (Å²) in [5.74, 6) is -0.617. The van der Waals surface area contributed by atoms with Crippen LogP contribution in [0.5, 0.6) is 5.75 Å². The number of hydrogen-bond acceptors (Lipinski definition) is 5. The Balaban J connectivity index is 0.00000264. The Kier molecular flexibility index (Phi) is 8.78. The lowest BCUT2D eigenvalue weighted by molar-refractivity contribution is 0.245. The monoisotopic (exact) mass is 367 g/mol. The maximum atomic E-state index is 13.3. The lowest BCUT2D eigenvalue weighted by atomic mass is 10.3. The smallest absolute Gasteiger partial charge is 0.214 e. The third kappa shape index (κ3) is 7.45. The van der Waals surface area contributed by atoms with Gasteiger partial charge < -0.3 is 10.1 Å². The summed E-state index contributed by atoms with van der Waals surface area (Å²) in [4.78, 5) is 2.20. The average molecular weight is 368 g/mol. The van der Waals surface area contributed by atoms with Crippen molar-refractivity contribution in [2.45, 2.75) is 0 Å². The molecule has 23 heavy (non-hydrogen) atoms. The molecule has 2 rings (SSSR count). The highest BCUT2D eigenvalue weighted by Gasteiger charge is 2.13. The van der Waals surface area contributed by atoms with Gasteiger partial charge in [-0.3, -0.25) is 4.90 Å². The van der Waals surface area contributed by atoms with E-state index in [-0.39, 0.29) is 30.5 Å². The molecule has 132 valence electrons. The van der Waals surface area contributed by atoms with Gasteiger partial charge in [0, 0.05) is 39.3 Å². The van der Waals surface area contributed by atoms with Crippen molar-refractivity contribution >= 4 is 22.4 Å². The summed E-state index contributed by atoms with van der Waals surface area (Å²) in [6.45, 7) is 4.71. The van der Waals surface area contributed by atoms with Gasteiger partial charge in [0.1, 0.15) is 6.61 Å². The van der Waals surface area contributed by atoms with Crippen molar-refractivity contribution in [3.63, 3.8) is 0 Å². The van der Waals surface area contributed by atoms with Crippen molar-refractivity contribution in [1.29, 1.82) is 0 Å². The van der Waals surface area contributed by atoms with Crippen LogP contribution in [-0.4, -0.2) is 64.9 Å². The Morgan fingerprint density at radius 1 is 1.26 bits per heavy atom. The number of hydrogen-bond donors (Lipinski definition) is 2. The molecule has 0 saturated carbocycles. The summed E-state index contributed by atoms with van der Waals surface area (Å²) in [6.07, 6.45) is 0. The minimum atomic E-state index is -3.41. The number of halogens is 2. The highest BCUT2D eigenvalue weighted by Crippen LogP contribution is 2.15. The van der Waals surface area contributed by atoms with E-state index in [4.69, 9.17) is 4.74 Å². The highest BCUT2D eigenvalue weighted by atomic mass is 35.5. The van der Waals surface area contributed by atoms with Gasteiger partial charge in [-0.15, -0.1) is 12.4 Å². The summed E-state index contributed by atoms with van der Waals surface area (Å²) in [6, 6.07) is 5.94. The number of ether oxygens (including phenoxy) is 1. The second-order valence-electron chi connectivity index (χ2n) is 5.08. The van der Waals surface area contributed by atoms with Gasteiger partial charge in [0.05, 0.1) is 5.75 Å². The number of nitrogens with zero attached hydrogens (tertiary/aromatic N) is 1. The molecule has 0 unspecified atom stereocenters. The molecule has 0 aromatic heterocycles. The number of benzene rings is 1. The van der Waals surface area contributed by atoms with Crippen LogP contribution in [0, 0.1) is 5.82 Å². The zero-order valence-electron chi connectivity index (χ0n) is 12.8. The van der Waals surface area contributed by atoms with Gasteiger partial charge in [-0.05, 0) is 12.1 Å². The maximum Gasteiger partial charge on any atom is 0.214 e. The predicted molar refractivity (Wildman–Crippen MR) is 90.2 cm³/mol. The van der Waals surface area contributed by atoms with Gasteiger partial charge in [0.25, 0.3) is 0 Å². The quantitative estimate of drug-likeness (QED) is 0.698. The van der Waals surface area contributed by atoms with Crippen LogP contribution in [0.25, 0.3) is 0 Å². The van der Waals surface area contributed by atoms with E-state index in [1.54, 1.807) is 12.1 Å². The van der Waals surface area contributed by atoms with Crippen LogP contribution in [0.3, 0.4) is 0 Å². The average Bonchev–Trinajstić information content (AvgIpc) is 2.50. The van der Waals surface area contributed by atoms with Gasteiger partial charge in [0.15, 0.2) is 11.6 Å².